The molecule has 1 fully saturated rings. The van der Waals surface area contributed by atoms with E-state index in [0.29, 0.717) is 13.0 Å². The second-order valence-corrected chi connectivity index (χ2v) is 6.42. The molecule has 1 aliphatic heterocycles. The Hall–Kier alpha value is -1.08. The lowest BCUT2D eigenvalue weighted by Crippen LogP contribution is -2.33. The first-order chi connectivity index (χ1) is 10.7. The van der Waals surface area contributed by atoms with Crippen LogP contribution in [-0.4, -0.2) is 23.6 Å². The van der Waals surface area contributed by atoms with E-state index in [4.69, 9.17) is 10.1 Å². The number of hydroxylamine groups is 2. The molecule has 0 aromatic heterocycles. The van der Waals surface area contributed by atoms with Gasteiger partial charge in [-0.3, -0.25) is 9.63 Å². The minimum Gasteiger partial charge on any atom is -0.273 e. The third-order valence-electron chi connectivity index (χ3n) is 4.49. The quantitative estimate of drug-likeness (QED) is 0.495. The zero-order chi connectivity index (χ0) is 16.2. The number of carbonyl (C=O) groups excluding carboxylic acids is 1. The summed E-state index contributed by atoms with van der Waals surface area (Å²) in [6.07, 6.45) is 13.2. The summed E-state index contributed by atoms with van der Waals surface area (Å²) in [4.78, 5) is 17.3. The van der Waals surface area contributed by atoms with Crippen LogP contribution in [0.15, 0.2) is 0 Å². The second-order valence-electron chi connectivity index (χ2n) is 6.42. The van der Waals surface area contributed by atoms with Crippen molar-refractivity contribution in [1.82, 2.24) is 5.06 Å². The SMILES string of the molecule is CCCCCCCCCCCCON1C(=O)CC(C#N)C1C. The van der Waals surface area contributed by atoms with E-state index in [-0.39, 0.29) is 17.9 Å². The second kappa shape index (κ2) is 11.5. The third-order valence-corrected chi connectivity index (χ3v) is 4.49. The molecule has 0 bridgehead atoms. The average molecular weight is 308 g/mol. The molecule has 1 saturated heterocycles. The average Bonchev–Trinajstić information content (AvgIpc) is 2.79. The van der Waals surface area contributed by atoms with Gasteiger partial charge < -0.3 is 0 Å². The van der Waals surface area contributed by atoms with E-state index in [0.717, 1.165) is 12.8 Å². The lowest BCUT2D eigenvalue weighted by Gasteiger charge is -2.21. The summed E-state index contributed by atoms with van der Waals surface area (Å²) in [6, 6.07) is 2.06. The Morgan fingerprint density at radius 1 is 1.09 bits per heavy atom. The van der Waals surface area contributed by atoms with E-state index in [1.807, 2.05) is 6.92 Å². The van der Waals surface area contributed by atoms with E-state index in [9.17, 15) is 4.79 Å². The zero-order valence-electron chi connectivity index (χ0n) is 14.4. The highest BCUT2D eigenvalue weighted by molar-refractivity contribution is 5.78. The molecular formula is C18H32N2O2. The van der Waals surface area contributed by atoms with Crippen LogP contribution in [0.3, 0.4) is 0 Å². The Morgan fingerprint density at radius 2 is 1.64 bits per heavy atom. The minimum atomic E-state index is -0.222. The van der Waals surface area contributed by atoms with Crippen molar-refractivity contribution >= 4 is 5.91 Å². The number of rotatable bonds is 12. The molecule has 0 spiro atoms. The van der Waals surface area contributed by atoms with Gasteiger partial charge in [-0.05, 0) is 13.3 Å². The van der Waals surface area contributed by atoms with Crippen molar-refractivity contribution in [2.24, 2.45) is 5.92 Å². The van der Waals surface area contributed by atoms with Crippen molar-refractivity contribution in [2.75, 3.05) is 6.61 Å². The van der Waals surface area contributed by atoms with Crippen LogP contribution in [0.2, 0.25) is 0 Å². The molecular weight excluding hydrogens is 276 g/mol. The maximum Gasteiger partial charge on any atom is 0.247 e. The molecule has 0 N–H and O–H groups in total. The summed E-state index contributed by atoms with van der Waals surface area (Å²) in [5.74, 6) is -0.272. The molecule has 1 heterocycles. The molecule has 0 radical (unpaired) electrons. The van der Waals surface area contributed by atoms with Crippen molar-refractivity contribution in [3.63, 3.8) is 0 Å². The summed E-state index contributed by atoms with van der Waals surface area (Å²) in [6.45, 7) is 4.72. The molecule has 0 aromatic carbocycles. The van der Waals surface area contributed by atoms with Gasteiger partial charge in [-0.25, -0.2) is 5.06 Å². The molecule has 2 unspecified atom stereocenters. The number of hydrogen-bond acceptors (Lipinski definition) is 3. The standard InChI is InChI=1S/C18H32N2O2/c1-3-4-5-6-7-8-9-10-11-12-13-22-20-16(2)17(15-19)14-18(20)21/h16-17H,3-14H2,1-2H3. The normalized spacial score (nSPS) is 21.3. The fourth-order valence-corrected chi connectivity index (χ4v) is 2.93. The summed E-state index contributed by atoms with van der Waals surface area (Å²) in [7, 11) is 0. The summed E-state index contributed by atoms with van der Waals surface area (Å²) in [5, 5.41) is 10.4. The molecule has 126 valence electrons. The van der Waals surface area contributed by atoms with Crippen LogP contribution in [0, 0.1) is 17.2 Å². The first-order valence-electron chi connectivity index (χ1n) is 9.05. The number of amides is 1. The molecule has 0 aromatic rings. The van der Waals surface area contributed by atoms with Crippen molar-refractivity contribution in [3.8, 4) is 6.07 Å². The maximum absolute atomic E-state index is 11.7. The Kier molecular flexibility index (Phi) is 9.90. The Bertz CT molecular complexity index is 351. The van der Waals surface area contributed by atoms with Crippen LogP contribution in [0.4, 0.5) is 0 Å². The van der Waals surface area contributed by atoms with Gasteiger partial charge in [-0.1, -0.05) is 64.7 Å². The van der Waals surface area contributed by atoms with Crippen molar-refractivity contribution < 1.29 is 9.63 Å². The smallest absolute Gasteiger partial charge is 0.247 e. The van der Waals surface area contributed by atoms with Crippen molar-refractivity contribution in [3.05, 3.63) is 0 Å². The predicted octanol–water partition coefficient (Wildman–Crippen LogP) is 4.60. The van der Waals surface area contributed by atoms with Gasteiger partial charge in [-0.2, -0.15) is 5.26 Å². The number of carbonyl (C=O) groups is 1. The number of unbranched alkanes of at least 4 members (excludes halogenated alkanes) is 9. The Morgan fingerprint density at radius 3 is 2.14 bits per heavy atom. The van der Waals surface area contributed by atoms with Crippen LogP contribution in [0.5, 0.6) is 0 Å². The van der Waals surface area contributed by atoms with Crippen molar-refractivity contribution in [2.45, 2.75) is 90.5 Å². The number of nitriles is 1. The molecule has 2 atom stereocenters. The van der Waals surface area contributed by atoms with Crippen molar-refractivity contribution in [1.29, 1.82) is 5.26 Å². The molecule has 1 aliphatic rings. The lowest BCUT2D eigenvalue weighted by molar-refractivity contribution is -0.188. The predicted molar refractivity (Wildman–Crippen MR) is 87.8 cm³/mol. The molecule has 1 rings (SSSR count). The van der Waals surface area contributed by atoms with Gasteiger partial charge in [0, 0.05) is 6.42 Å². The van der Waals surface area contributed by atoms with E-state index < -0.39 is 0 Å². The fraction of sp³-hybridized carbons (Fsp3) is 0.889. The molecule has 22 heavy (non-hydrogen) atoms. The Labute approximate surface area is 135 Å². The zero-order valence-corrected chi connectivity index (χ0v) is 14.4. The molecule has 0 saturated carbocycles. The van der Waals surface area contributed by atoms with Gasteiger partial charge >= 0.3 is 0 Å². The summed E-state index contributed by atoms with van der Waals surface area (Å²) >= 11 is 0. The van der Waals surface area contributed by atoms with Gasteiger partial charge in [0.15, 0.2) is 0 Å². The topological polar surface area (TPSA) is 53.3 Å². The monoisotopic (exact) mass is 308 g/mol. The van der Waals surface area contributed by atoms with Crippen LogP contribution in [-0.2, 0) is 9.63 Å². The van der Waals surface area contributed by atoms with Gasteiger partial charge in [0.05, 0.1) is 24.6 Å². The third kappa shape index (κ3) is 6.79. The Balaban J connectivity index is 1.94. The van der Waals surface area contributed by atoms with Crippen LogP contribution < -0.4 is 0 Å². The highest BCUT2D eigenvalue weighted by Crippen LogP contribution is 2.25. The summed E-state index contributed by atoms with van der Waals surface area (Å²) in [5.41, 5.74) is 0. The minimum absolute atomic E-state index is 0.0499. The molecule has 4 nitrogen and oxygen atoms in total. The van der Waals surface area contributed by atoms with E-state index in [2.05, 4.69) is 13.0 Å². The largest absolute Gasteiger partial charge is 0.273 e. The highest BCUT2D eigenvalue weighted by Gasteiger charge is 2.37. The van der Waals surface area contributed by atoms with E-state index in [1.165, 1.54) is 56.4 Å². The van der Waals surface area contributed by atoms with Gasteiger partial charge in [0.1, 0.15) is 0 Å². The lowest BCUT2D eigenvalue weighted by atomic mass is 10.0. The van der Waals surface area contributed by atoms with Crippen LogP contribution in [0.1, 0.15) is 84.5 Å². The fourth-order valence-electron chi connectivity index (χ4n) is 2.93. The number of hydrogen-bond donors (Lipinski definition) is 0. The van der Waals surface area contributed by atoms with Gasteiger partial charge in [-0.15, -0.1) is 0 Å². The van der Waals surface area contributed by atoms with E-state index in [1.54, 1.807) is 0 Å². The van der Waals surface area contributed by atoms with Gasteiger partial charge in [0.25, 0.3) is 0 Å². The highest BCUT2D eigenvalue weighted by atomic mass is 16.7. The molecule has 4 heteroatoms. The van der Waals surface area contributed by atoms with Crippen LogP contribution >= 0.6 is 0 Å². The first kappa shape index (κ1) is 19.0. The molecule has 0 aliphatic carbocycles. The van der Waals surface area contributed by atoms with Gasteiger partial charge in [0.2, 0.25) is 5.91 Å². The first-order valence-corrected chi connectivity index (χ1v) is 9.05. The maximum atomic E-state index is 11.7. The van der Waals surface area contributed by atoms with E-state index >= 15 is 0 Å². The van der Waals surface area contributed by atoms with Crippen LogP contribution in [0.25, 0.3) is 0 Å². The summed E-state index contributed by atoms with van der Waals surface area (Å²) < 4.78 is 0. The number of nitrogens with zero attached hydrogens (tertiary/aromatic N) is 2. The molecule has 1 amide bonds.